The molecule has 0 amide bonds. The molecular weight excluding hydrogens is 1110 g/mol. The van der Waals surface area contributed by atoms with Gasteiger partial charge in [-0.15, -0.1) is 0 Å². The molecular formula is C76H50F6N6. The number of halogens is 6. The van der Waals surface area contributed by atoms with Crippen LogP contribution in [0.4, 0.5) is 60.5 Å². The Morgan fingerprint density at radius 1 is 0.341 bits per heavy atom. The molecule has 0 bridgehead atoms. The number of fused-ring (bicyclic) bond motifs is 10. The lowest BCUT2D eigenvalue weighted by molar-refractivity contribution is -0.138. The summed E-state index contributed by atoms with van der Waals surface area (Å²) < 4.78 is 94.1. The van der Waals surface area contributed by atoms with E-state index in [0.29, 0.717) is 55.1 Å². The molecule has 12 heteroatoms. The van der Waals surface area contributed by atoms with Gasteiger partial charge in [0.25, 0.3) is 0 Å². The van der Waals surface area contributed by atoms with Gasteiger partial charge in [0.15, 0.2) is 0 Å². The van der Waals surface area contributed by atoms with Crippen LogP contribution < -0.4 is 9.80 Å². The van der Waals surface area contributed by atoms with Gasteiger partial charge in [-0.3, -0.25) is 0 Å². The molecule has 0 saturated heterocycles. The summed E-state index contributed by atoms with van der Waals surface area (Å²) in [4.78, 5) is 4.44. The largest absolute Gasteiger partial charge is 0.416 e. The Morgan fingerprint density at radius 2 is 0.682 bits per heavy atom. The maximum absolute atomic E-state index is 15.1. The molecule has 11 aromatic carbocycles. The van der Waals surface area contributed by atoms with Crippen molar-refractivity contribution in [2.45, 2.75) is 50.9 Å². The molecule has 0 saturated carbocycles. The standard InChI is InChI=1S/C76H50F6N6/c1-73(2)57-29-13-17-35-65(57)85(47-21-7-5-8-22-47)69-51(27-19-31-59(69)73)67-68(52-28-20-32-60-70(52)86(48-23-9-6-10-24-48)66-36-18-14-30-58(66)74(60,3)4)72(88-62-34-16-12-26-50(62)54-42-46(76(80,81)82)38-40-64(54)88)56(44-84)55(43-83)71(67)87-61-33-15-11-25-49(61)53-41-45(75(77,78)79)37-39-63(53)87/h5-42H,1-4H3. The molecule has 2 aliphatic rings. The van der Waals surface area contributed by atoms with Crippen molar-refractivity contribution in [2.24, 2.45) is 0 Å². The molecule has 88 heavy (non-hydrogen) atoms. The highest BCUT2D eigenvalue weighted by Gasteiger charge is 2.44. The normalized spacial score (nSPS) is 14.1. The average Bonchev–Trinajstić information content (AvgIpc) is 1.08. The summed E-state index contributed by atoms with van der Waals surface area (Å²) in [5.41, 5.74) is 9.36. The molecule has 0 radical (unpaired) electrons. The molecule has 13 aromatic rings. The Balaban J connectivity index is 1.25. The van der Waals surface area contributed by atoms with E-state index in [1.165, 1.54) is 12.1 Å². The molecule has 2 aliphatic heterocycles. The van der Waals surface area contributed by atoms with Gasteiger partial charge in [0.2, 0.25) is 0 Å². The zero-order chi connectivity index (χ0) is 60.8. The third-order valence-electron chi connectivity index (χ3n) is 18.2. The second-order valence-corrected chi connectivity index (χ2v) is 23.6. The summed E-state index contributed by atoms with van der Waals surface area (Å²) in [5, 5.41) is 26.4. The van der Waals surface area contributed by atoms with Crippen molar-refractivity contribution < 1.29 is 26.3 Å². The van der Waals surface area contributed by atoms with E-state index in [4.69, 9.17) is 0 Å². The van der Waals surface area contributed by atoms with Crippen molar-refractivity contribution in [2.75, 3.05) is 9.80 Å². The van der Waals surface area contributed by atoms with Crippen LogP contribution in [0.25, 0.3) is 77.2 Å². The average molecular weight is 1160 g/mol. The number of benzene rings is 11. The lowest BCUT2D eigenvalue weighted by Crippen LogP contribution is -2.31. The van der Waals surface area contributed by atoms with Crippen LogP contribution in [0.3, 0.4) is 0 Å². The van der Waals surface area contributed by atoms with Crippen molar-refractivity contribution in [1.29, 1.82) is 10.5 Å². The first-order chi connectivity index (χ1) is 42.4. The van der Waals surface area contributed by atoms with Crippen molar-refractivity contribution in [3.05, 3.63) is 275 Å². The molecule has 0 fully saturated rings. The van der Waals surface area contributed by atoms with Gasteiger partial charge in [0, 0.05) is 66.0 Å². The van der Waals surface area contributed by atoms with E-state index in [2.05, 4.69) is 86.0 Å². The van der Waals surface area contributed by atoms with Crippen LogP contribution in [0, 0.1) is 22.7 Å². The second kappa shape index (κ2) is 19.3. The van der Waals surface area contributed by atoms with Crippen LogP contribution in [-0.2, 0) is 23.2 Å². The maximum atomic E-state index is 15.1. The molecule has 0 N–H and O–H groups in total. The van der Waals surface area contributed by atoms with Crippen molar-refractivity contribution >= 4 is 77.7 Å². The minimum Gasteiger partial charge on any atom is -0.309 e. The van der Waals surface area contributed by atoms with Gasteiger partial charge >= 0.3 is 12.4 Å². The van der Waals surface area contributed by atoms with Crippen LogP contribution in [0.1, 0.15) is 72.2 Å². The summed E-state index contributed by atoms with van der Waals surface area (Å²) in [5.74, 6) is 0. The van der Waals surface area contributed by atoms with Crippen LogP contribution >= 0.6 is 0 Å². The topological polar surface area (TPSA) is 63.9 Å². The van der Waals surface area contributed by atoms with E-state index in [-0.39, 0.29) is 33.3 Å². The Bertz CT molecular complexity index is 4850. The number of alkyl halides is 6. The molecule has 2 aromatic heterocycles. The Hall–Kier alpha value is -10.8. The minimum atomic E-state index is -4.72. The van der Waals surface area contributed by atoms with E-state index in [1.807, 2.05) is 130 Å². The number of nitrogens with zero attached hydrogens (tertiary/aromatic N) is 6. The molecule has 0 spiro atoms. The van der Waals surface area contributed by atoms with Gasteiger partial charge in [-0.1, -0.05) is 173 Å². The summed E-state index contributed by atoms with van der Waals surface area (Å²) in [7, 11) is 0. The highest BCUT2D eigenvalue weighted by atomic mass is 19.4. The van der Waals surface area contributed by atoms with Crippen LogP contribution in [0.2, 0.25) is 0 Å². The number of anilines is 6. The number of nitriles is 2. The first kappa shape index (κ1) is 53.9. The monoisotopic (exact) mass is 1160 g/mol. The fraction of sp³-hybridized carbons (Fsp3) is 0.105. The molecule has 0 atom stereocenters. The first-order valence-corrected chi connectivity index (χ1v) is 28.9. The fourth-order valence-corrected chi connectivity index (χ4v) is 14.3. The molecule has 426 valence electrons. The number of aromatic nitrogens is 2. The molecule has 4 heterocycles. The smallest absolute Gasteiger partial charge is 0.309 e. The van der Waals surface area contributed by atoms with Crippen molar-refractivity contribution in [1.82, 2.24) is 9.13 Å². The first-order valence-electron chi connectivity index (χ1n) is 28.9. The van der Waals surface area contributed by atoms with E-state index in [1.54, 1.807) is 36.4 Å². The number of rotatable bonds is 6. The van der Waals surface area contributed by atoms with Crippen LogP contribution in [-0.4, -0.2) is 9.13 Å². The lowest BCUT2D eigenvalue weighted by atomic mass is 9.70. The number of hydrogen-bond acceptors (Lipinski definition) is 4. The van der Waals surface area contributed by atoms with E-state index in [9.17, 15) is 10.5 Å². The number of hydrogen-bond donors (Lipinski definition) is 0. The molecule has 6 nitrogen and oxygen atoms in total. The quantitative estimate of drug-likeness (QED) is 0.156. The van der Waals surface area contributed by atoms with E-state index in [0.717, 1.165) is 80.6 Å². The molecule has 0 unspecified atom stereocenters. The Labute approximate surface area is 502 Å². The van der Waals surface area contributed by atoms with Gasteiger partial charge in [-0.25, -0.2) is 0 Å². The second-order valence-electron chi connectivity index (χ2n) is 23.6. The predicted molar refractivity (Wildman–Crippen MR) is 339 cm³/mol. The van der Waals surface area contributed by atoms with Gasteiger partial charge in [0.05, 0.1) is 78.4 Å². The highest BCUT2D eigenvalue weighted by Crippen LogP contribution is 2.62. The van der Waals surface area contributed by atoms with Gasteiger partial charge in [0.1, 0.15) is 12.1 Å². The minimum absolute atomic E-state index is 0.119. The van der Waals surface area contributed by atoms with E-state index < -0.39 is 34.3 Å². The molecule has 0 aliphatic carbocycles. The van der Waals surface area contributed by atoms with Crippen molar-refractivity contribution in [3.8, 4) is 45.8 Å². The molecule has 15 rings (SSSR count). The van der Waals surface area contributed by atoms with Crippen LogP contribution in [0.15, 0.2) is 231 Å². The summed E-state index contributed by atoms with van der Waals surface area (Å²) in [6.45, 7) is 8.69. The van der Waals surface area contributed by atoms with Gasteiger partial charge in [-0.2, -0.15) is 36.9 Å². The predicted octanol–water partition coefficient (Wildman–Crippen LogP) is 21.2. The highest BCUT2D eigenvalue weighted by molar-refractivity contribution is 6.16. The Morgan fingerprint density at radius 3 is 1.07 bits per heavy atom. The zero-order valence-corrected chi connectivity index (χ0v) is 47.9. The van der Waals surface area contributed by atoms with E-state index >= 15 is 26.3 Å². The summed E-state index contributed by atoms with van der Waals surface area (Å²) in [6, 6.07) is 75.2. The Kier molecular flexibility index (Phi) is 11.8. The summed E-state index contributed by atoms with van der Waals surface area (Å²) in [6.07, 6.45) is -9.44. The maximum Gasteiger partial charge on any atom is 0.416 e. The number of para-hydroxylation sites is 8. The third-order valence-corrected chi connectivity index (χ3v) is 18.2. The van der Waals surface area contributed by atoms with Gasteiger partial charge in [-0.05, 0) is 107 Å². The third kappa shape index (κ3) is 7.74. The van der Waals surface area contributed by atoms with Gasteiger partial charge < -0.3 is 18.9 Å². The summed E-state index contributed by atoms with van der Waals surface area (Å²) >= 11 is 0. The fourth-order valence-electron chi connectivity index (χ4n) is 14.3. The van der Waals surface area contributed by atoms with Crippen molar-refractivity contribution in [3.63, 3.8) is 0 Å². The van der Waals surface area contributed by atoms with Crippen LogP contribution in [0.5, 0.6) is 0 Å². The SMILES string of the molecule is CC1(C)c2ccccc2N(c2ccccc2)c2c(-c3c(-c4cccc5c4N(c4ccccc4)c4ccccc4C5(C)C)c(-n4c5ccccc5c5cc(C(F)(F)F)ccc54)c(C#N)c(C#N)c3-n3c4ccccc4c4cc(C(F)(F)F)ccc43)cccc21. The zero-order valence-electron chi connectivity index (χ0n) is 47.9. The lowest BCUT2D eigenvalue weighted by Gasteiger charge is -2.44.